The molecule has 1 aromatic carbocycles. The number of nitrogens with one attached hydrogen (secondary N) is 1. The van der Waals surface area contributed by atoms with Gasteiger partial charge in [0, 0.05) is 26.2 Å². The van der Waals surface area contributed by atoms with Gasteiger partial charge in [-0.3, -0.25) is 4.90 Å². The third-order valence-corrected chi connectivity index (χ3v) is 3.17. The highest BCUT2D eigenvalue weighted by molar-refractivity contribution is 5.85. The van der Waals surface area contributed by atoms with E-state index in [1.54, 1.807) is 6.07 Å². The molecule has 1 aliphatic heterocycles. The SMILES string of the molecule is Cl.N#Cc1cccc([C@@H](CO)N2CCNCC2)c1. The van der Waals surface area contributed by atoms with E-state index >= 15 is 0 Å². The van der Waals surface area contributed by atoms with E-state index in [1.807, 2.05) is 18.2 Å². The first kappa shape index (κ1) is 14.9. The summed E-state index contributed by atoms with van der Waals surface area (Å²) in [5.74, 6) is 0. The van der Waals surface area contributed by atoms with Crippen molar-refractivity contribution in [3.05, 3.63) is 35.4 Å². The average Bonchev–Trinajstić information content (AvgIpc) is 2.41. The van der Waals surface area contributed by atoms with Crippen molar-refractivity contribution in [2.24, 2.45) is 0 Å². The van der Waals surface area contributed by atoms with E-state index < -0.39 is 0 Å². The van der Waals surface area contributed by atoms with Gasteiger partial charge in [-0.2, -0.15) is 5.26 Å². The van der Waals surface area contributed by atoms with E-state index in [1.165, 1.54) is 0 Å². The Morgan fingerprint density at radius 3 is 2.72 bits per heavy atom. The van der Waals surface area contributed by atoms with Crippen LogP contribution in [-0.4, -0.2) is 42.8 Å². The maximum Gasteiger partial charge on any atom is 0.0991 e. The lowest BCUT2D eigenvalue weighted by molar-refractivity contribution is 0.111. The molecule has 0 bridgehead atoms. The van der Waals surface area contributed by atoms with E-state index in [4.69, 9.17) is 5.26 Å². The van der Waals surface area contributed by atoms with Gasteiger partial charge in [0.15, 0.2) is 0 Å². The molecule has 4 nitrogen and oxygen atoms in total. The highest BCUT2D eigenvalue weighted by atomic mass is 35.5. The molecule has 1 saturated heterocycles. The van der Waals surface area contributed by atoms with Gasteiger partial charge in [-0.15, -0.1) is 12.4 Å². The molecule has 2 rings (SSSR count). The summed E-state index contributed by atoms with van der Waals surface area (Å²) in [5.41, 5.74) is 1.67. The molecule has 1 fully saturated rings. The number of piperazine rings is 1. The minimum atomic E-state index is 0. The lowest BCUT2D eigenvalue weighted by atomic mass is 10.0. The molecule has 0 radical (unpaired) electrons. The zero-order valence-corrected chi connectivity index (χ0v) is 11.0. The lowest BCUT2D eigenvalue weighted by Crippen LogP contribution is -2.46. The van der Waals surface area contributed by atoms with Crippen LogP contribution in [0.15, 0.2) is 24.3 Å². The molecule has 0 spiro atoms. The fraction of sp³-hybridized carbons (Fsp3) is 0.462. The molecule has 0 unspecified atom stereocenters. The Kier molecular flexibility index (Phi) is 6.10. The zero-order chi connectivity index (χ0) is 12.1. The number of aliphatic hydroxyl groups is 1. The van der Waals surface area contributed by atoms with E-state index in [2.05, 4.69) is 16.3 Å². The second-order valence-electron chi connectivity index (χ2n) is 4.22. The number of aliphatic hydroxyl groups excluding tert-OH is 1. The van der Waals surface area contributed by atoms with Crippen molar-refractivity contribution in [2.75, 3.05) is 32.8 Å². The van der Waals surface area contributed by atoms with Gasteiger partial charge in [0.05, 0.1) is 24.3 Å². The van der Waals surface area contributed by atoms with Crippen LogP contribution in [0.2, 0.25) is 0 Å². The van der Waals surface area contributed by atoms with Crippen LogP contribution in [0.1, 0.15) is 17.2 Å². The van der Waals surface area contributed by atoms with Crippen molar-refractivity contribution >= 4 is 12.4 Å². The summed E-state index contributed by atoms with van der Waals surface area (Å²) in [6.45, 7) is 3.86. The minimum Gasteiger partial charge on any atom is -0.394 e. The van der Waals surface area contributed by atoms with Crippen molar-refractivity contribution in [1.29, 1.82) is 5.26 Å². The number of halogens is 1. The Bertz CT molecular complexity index is 413. The van der Waals surface area contributed by atoms with Gasteiger partial charge in [0.2, 0.25) is 0 Å². The third kappa shape index (κ3) is 3.44. The molecule has 2 N–H and O–H groups in total. The molecule has 1 atom stereocenters. The van der Waals surface area contributed by atoms with Crippen LogP contribution in [0.4, 0.5) is 0 Å². The van der Waals surface area contributed by atoms with Gasteiger partial charge in [-0.25, -0.2) is 0 Å². The van der Waals surface area contributed by atoms with Crippen LogP contribution in [0.25, 0.3) is 0 Å². The van der Waals surface area contributed by atoms with Gasteiger partial charge in [-0.05, 0) is 17.7 Å². The maximum atomic E-state index is 9.55. The maximum absolute atomic E-state index is 9.55. The molecule has 98 valence electrons. The van der Waals surface area contributed by atoms with E-state index in [9.17, 15) is 5.11 Å². The van der Waals surface area contributed by atoms with Gasteiger partial charge in [0.25, 0.3) is 0 Å². The summed E-state index contributed by atoms with van der Waals surface area (Å²) in [7, 11) is 0. The molecule has 0 saturated carbocycles. The number of rotatable bonds is 3. The predicted molar refractivity (Wildman–Crippen MR) is 72.7 cm³/mol. The number of benzene rings is 1. The Balaban J connectivity index is 0.00000162. The Labute approximate surface area is 114 Å². The molecule has 5 heteroatoms. The number of nitriles is 1. The van der Waals surface area contributed by atoms with E-state index in [-0.39, 0.29) is 25.1 Å². The highest BCUT2D eigenvalue weighted by Gasteiger charge is 2.21. The summed E-state index contributed by atoms with van der Waals surface area (Å²) < 4.78 is 0. The average molecular weight is 268 g/mol. The summed E-state index contributed by atoms with van der Waals surface area (Å²) >= 11 is 0. The second kappa shape index (κ2) is 7.34. The van der Waals surface area contributed by atoms with E-state index in [0.717, 1.165) is 31.7 Å². The summed E-state index contributed by atoms with van der Waals surface area (Å²) in [6, 6.07) is 9.64. The van der Waals surface area contributed by atoms with Crippen molar-refractivity contribution in [3.8, 4) is 6.07 Å². The Morgan fingerprint density at radius 2 is 2.11 bits per heavy atom. The number of hydrogen-bond acceptors (Lipinski definition) is 4. The summed E-state index contributed by atoms with van der Waals surface area (Å²) in [4.78, 5) is 2.26. The topological polar surface area (TPSA) is 59.3 Å². The van der Waals surface area contributed by atoms with Crippen LogP contribution in [-0.2, 0) is 0 Å². The van der Waals surface area contributed by atoms with Crippen LogP contribution < -0.4 is 5.32 Å². The van der Waals surface area contributed by atoms with Crippen molar-refractivity contribution in [1.82, 2.24) is 10.2 Å². The predicted octanol–water partition coefficient (Wildman–Crippen LogP) is 0.919. The molecule has 0 amide bonds. The van der Waals surface area contributed by atoms with Gasteiger partial charge < -0.3 is 10.4 Å². The van der Waals surface area contributed by atoms with Crippen LogP contribution in [0.5, 0.6) is 0 Å². The quantitative estimate of drug-likeness (QED) is 0.855. The van der Waals surface area contributed by atoms with Gasteiger partial charge >= 0.3 is 0 Å². The zero-order valence-electron chi connectivity index (χ0n) is 10.2. The molecule has 0 aliphatic carbocycles. The third-order valence-electron chi connectivity index (χ3n) is 3.17. The summed E-state index contributed by atoms with van der Waals surface area (Å²) in [5, 5.41) is 21.7. The Hall–Kier alpha value is -1.12. The van der Waals surface area contributed by atoms with Crippen LogP contribution >= 0.6 is 12.4 Å². The van der Waals surface area contributed by atoms with Crippen molar-refractivity contribution in [3.63, 3.8) is 0 Å². The smallest absolute Gasteiger partial charge is 0.0991 e. The molecule has 18 heavy (non-hydrogen) atoms. The fourth-order valence-electron chi connectivity index (χ4n) is 2.24. The Morgan fingerprint density at radius 1 is 1.39 bits per heavy atom. The lowest BCUT2D eigenvalue weighted by Gasteiger charge is -2.34. The molecule has 1 aliphatic rings. The highest BCUT2D eigenvalue weighted by Crippen LogP contribution is 2.21. The monoisotopic (exact) mass is 267 g/mol. The van der Waals surface area contributed by atoms with Crippen molar-refractivity contribution < 1.29 is 5.11 Å². The van der Waals surface area contributed by atoms with Gasteiger partial charge in [0.1, 0.15) is 0 Å². The van der Waals surface area contributed by atoms with Crippen LogP contribution in [0, 0.1) is 11.3 Å². The normalized spacial score (nSPS) is 17.6. The largest absolute Gasteiger partial charge is 0.394 e. The molecular weight excluding hydrogens is 250 g/mol. The molecule has 0 aromatic heterocycles. The summed E-state index contributed by atoms with van der Waals surface area (Å²) in [6.07, 6.45) is 0. The number of nitrogens with zero attached hydrogens (tertiary/aromatic N) is 2. The molecule has 1 heterocycles. The van der Waals surface area contributed by atoms with Crippen LogP contribution in [0.3, 0.4) is 0 Å². The first-order chi connectivity index (χ1) is 8.35. The molecular formula is C13H18ClN3O. The van der Waals surface area contributed by atoms with Gasteiger partial charge in [-0.1, -0.05) is 12.1 Å². The molecule has 1 aromatic rings. The standard InChI is InChI=1S/C13H17N3O.ClH/c14-9-11-2-1-3-12(8-11)13(10-17)16-6-4-15-5-7-16;/h1-3,8,13,15,17H,4-7,10H2;1H/t13-;/m1./s1. The second-order valence-corrected chi connectivity index (χ2v) is 4.22. The number of hydrogen-bond donors (Lipinski definition) is 2. The first-order valence-electron chi connectivity index (χ1n) is 5.91. The van der Waals surface area contributed by atoms with E-state index in [0.29, 0.717) is 5.56 Å². The fourth-order valence-corrected chi connectivity index (χ4v) is 2.24. The minimum absolute atomic E-state index is 0. The first-order valence-corrected chi connectivity index (χ1v) is 5.91. The van der Waals surface area contributed by atoms with Crippen molar-refractivity contribution in [2.45, 2.75) is 6.04 Å².